The van der Waals surface area contributed by atoms with Crippen LogP contribution >= 0.6 is 40.1 Å². The van der Waals surface area contributed by atoms with Crippen molar-refractivity contribution in [2.24, 2.45) is 11.7 Å². The van der Waals surface area contributed by atoms with Gasteiger partial charge in [0.2, 0.25) is 5.91 Å². The minimum absolute atomic E-state index is 0. The van der Waals surface area contributed by atoms with E-state index < -0.39 is 0 Å². The van der Waals surface area contributed by atoms with E-state index in [1.54, 1.807) is 11.8 Å². The molecule has 0 aromatic heterocycles. The Kier molecular flexibility index (Phi) is 8.71. The molecule has 1 aliphatic rings. The third kappa shape index (κ3) is 5.81. The Balaban J connectivity index is 0.00000220. The van der Waals surface area contributed by atoms with Gasteiger partial charge < -0.3 is 11.1 Å². The minimum atomic E-state index is 0. The van der Waals surface area contributed by atoms with E-state index in [9.17, 15) is 4.79 Å². The average Bonchev–Trinajstić information content (AvgIpc) is 2.88. The molecule has 118 valence electrons. The van der Waals surface area contributed by atoms with Crippen LogP contribution in [0.15, 0.2) is 33.6 Å². The molecule has 1 aromatic rings. The molecule has 0 spiro atoms. The molecule has 2 rings (SSSR count). The van der Waals surface area contributed by atoms with Crippen LogP contribution in [0.5, 0.6) is 0 Å². The van der Waals surface area contributed by atoms with Gasteiger partial charge in [0.05, 0.1) is 0 Å². The van der Waals surface area contributed by atoms with Gasteiger partial charge in [-0.25, -0.2) is 0 Å². The highest BCUT2D eigenvalue weighted by Gasteiger charge is 2.26. The molecule has 21 heavy (non-hydrogen) atoms. The lowest BCUT2D eigenvalue weighted by atomic mass is 10.0. The summed E-state index contributed by atoms with van der Waals surface area (Å²) >= 11 is 5.22. The fourth-order valence-corrected chi connectivity index (χ4v) is 4.12. The van der Waals surface area contributed by atoms with Gasteiger partial charge in [0, 0.05) is 27.6 Å². The fraction of sp³-hybridized carbons (Fsp3) is 0.533. The lowest BCUT2D eigenvalue weighted by Gasteiger charge is -2.19. The number of halogens is 2. The zero-order chi connectivity index (χ0) is 14.4. The number of thioether (sulfide) groups is 1. The first-order valence-corrected chi connectivity index (χ1v) is 8.85. The van der Waals surface area contributed by atoms with E-state index in [-0.39, 0.29) is 18.3 Å². The molecule has 2 unspecified atom stereocenters. The summed E-state index contributed by atoms with van der Waals surface area (Å²) < 4.78 is 1.09. The molecule has 3 nitrogen and oxygen atoms in total. The molecule has 6 heteroatoms. The Hall–Kier alpha value is -0.230. The summed E-state index contributed by atoms with van der Waals surface area (Å²) in [6.45, 7) is 0.677. The van der Waals surface area contributed by atoms with Crippen LogP contribution in [0.1, 0.15) is 25.7 Å². The van der Waals surface area contributed by atoms with Crippen molar-refractivity contribution < 1.29 is 4.79 Å². The number of hydrogen-bond donors (Lipinski definition) is 2. The van der Waals surface area contributed by atoms with Crippen molar-refractivity contribution in [1.29, 1.82) is 0 Å². The van der Waals surface area contributed by atoms with E-state index in [1.807, 2.05) is 18.2 Å². The first-order chi connectivity index (χ1) is 9.70. The molecule has 1 saturated carbocycles. The summed E-state index contributed by atoms with van der Waals surface area (Å²) in [6, 6.07) is 8.38. The molecule has 0 bridgehead atoms. The number of rotatable bonds is 6. The van der Waals surface area contributed by atoms with Crippen LogP contribution in [0.4, 0.5) is 0 Å². The van der Waals surface area contributed by atoms with Crippen LogP contribution in [0.3, 0.4) is 0 Å². The van der Waals surface area contributed by atoms with E-state index in [0.717, 1.165) is 23.1 Å². The minimum Gasteiger partial charge on any atom is -0.353 e. The Morgan fingerprint density at radius 3 is 2.86 bits per heavy atom. The predicted octanol–water partition coefficient (Wildman–Crippen LogP) is 3.60. The van der Waals surface area contributed by atoms with Gasteiger partial charge in [0.25, 0.3) is 0 Å². The number of carbonyl (C=O) groups is 1. The summed E-state index contributed by atoms with van der Waals surface area (Å²) in [5.74, 6) is 1.42. The lowest BCUT2D eigenvalue weighted by Crippen LogP contribution is -2.39. The summed E-state index contributed by atoms with van der Waals surface area (Å²) in [6.07, 6.45) is 3.95. The summed E-state index contributed by atoms with van der Waals surface area (Å²) in [5.41, 5.74) is 5.73. The van der Waals surface area contributed by atoms with E-state index in [2.05, 4.69) is 27.3 Å². The second-order valence-electron chi connectivity index (χ2n) is 5.13. The summed E-state index contributed by atoms with van der Waals surface area (Å²) in [5, 5.41) is 3.14. The van der Waals surface area contributed by atoms with E-state index in [0.29, 0.717) is 24.9 Å². The lowest BCUT2D eigenvalue weighted by molar-refractivity contribution is -0.121. The number of nitrogens with one attached hydrogen (secondary N) is 1. The highest BCUT2D eigenvalue weighted by molar-refractivity contribution is 9.10. The van der Waals surface area contributed by atoms with Gasteiger partial charge in [-0.05, 0) is 53.4 Å². The van der Waals surface area contributed by atoms with Crippen molar-refractivity contribution in [3.8, 4) is 0 Å². The second kappa shape index (κ2) is 9.72. The maximum Gasteiger partial charge on any atom is 0.221 e. The monoisotopic (exact) mass is 392 g/mol. The van der Waals surface area contributed by atoms with Crippen LogP contribution in [0.2, 0.25) is 0 Å². The third-order valence-electron chi connectivity index (χ3n) is 3.73. The Labute approximate surface area is 145 Å². The quantitative estimate of drug-likeness (QED) is 0.726. The highest BCUT2D eigenvalue weighted by Crippen LogP contribution is 2.28. The number of hydrogen-bond acceptors (Lipinski definition) is 3. The maximum absolute atomic E-state index is 12.0. The van der Waals surface area contributed by atoms with Crippen LogP contribution in [0, 0.1) is 5.92 Å². The molecule has 1 fully saturated rings. The molecule has 0 radical (unpaired) electrons. The largest absolute Gasteiger partial charge is 0.353 e. The average molecular weight is 394 g/mol. The standard InChI is InChI=1S/C15H21BrN2OS.ClH/c16-12-5-1-2-7-14(12)20-9-8-15(19)18-13-6-3-4-11(13)10-17;/h1-2,5,7,11,13H,3-4,6,8-10,17H2,(H,18,19);1H. The summed E-state index contributed by atoms with van der Waals surface area (Å²) in [4.78, 5) is 13.1. The third-order valence-corrected chi connectivity index (χ3v) is 5.76. The number of benzene rings is 1. The highest BCUT2D eigenvalue weighted by atomic mass is 79.9. The maximum atomic E-state index is 12.0. The molecule has 0 heterocycles. The predicted molar refractivity (Wildman–Crippen MR) is 95.1 cm³/mol. The van der Waals surface area contributed by atoms with Crippen LogP contribution in [0.25, 0.3) is 0 Å². The zero-order valence-electron chi connectivity index (χ0n) is 11.9. The van der Waals surface area contributed by atoms with Crippen molar-refractivity contribution in [1.82, 2.24) is 5.32 Å². The molecule has 2 atom stereocenters. The van der Waals surface area contributed by atoms with Crippen molar-refractivity contribution in [3.05, 3.63) is 28.7 Å². The first kappa shape index (κ1) is 18.8. The van der Waals surface area contributed by atoms with Crippen molar-refractivity contribution in [2.75, 3.05) is 12.3 Å². The van der Waals surface area contributed by atoms with E-state index >= 15 is 0 Å². The molecule has 1 amide bonds. The normalized spacial score (nSPS) is 20.9. The number of nitrogens with two attached hydrogens (primary N) is 1. The molecular formula is C15H22BrClN2OS. The van der Waals surface area contributed by atoms with Gasteiger partial charge in [-0.2, -0.15) is 0 Å². The van der Waals surface area contributed by atoms with Gasteiger partial charge in [0.1, 0.15) is 0 Å². The van der Waals surface area contributed by atoms with Crippen molar-refractivity contribution in [2.45, 2.75) is 36.6 Å². The summed E-state index contributed by atoms with van der Waals surface area (Å²) in [7, 11) is 0. The Morgan fingerprint density at radius 1 is 1.38 bits per heavy atom. The number of carbonyl (C=O) groups excluding carboxylic acids is 1. The second-order valence-corrected chi connectivity index (χ2v) is 7.12. The van der Waals surface area contributed by atoms with E-state index in [4.69, 9.17) is 5.73 Å². The van der Waals surface area contributed by atoms with Crippen molar-refractivity contribution >= 4 is 46.0 Å². The van der Waals surface area contributed by atoms with Gasteiger partial charge >= 0.3 is 0 Å². The Morgan fingerprint density at radius 2 is 2.14 bits per heavy atom. The first-order valence-electron chi connectivity index (χ1n) is 7.07. The molecule has 1 aromatic carbocycles. The smallest absolute Gasteiger partial charge is 0.221 e. The zero-order valence-corrected chi connectivity index (χ0v) is 15.1. The molecule has 0 aliphatic heterocycles. The number of amides is 1. The van der Waals surface area contributed by atoms with Gasteiger partial charge in [-0.3, -0.25) is 4.79 Å². The fourth-order valence-electron chi connectivity index (χ4n) is 2.60. The molecule has 0 saturated heterocycles. The van der Waals surface area contributed by atoms with Crippen LogP contribution in [-0.4, -0.2) is 24.2 Å². The van der Waals surface area contributed by atoms with Crippen LogP contribution < -0.4 is 11.1 Å². The molecule has 3 N–H and O–H groups in total. The van der Waals surface area contributed by atoms with Crippen molar-refractivity contribution in [3.63, 3.8) is 0 Å². The van der Waals surface area contributed by atoms with Gasteiger partial charge in [-0.1, -0.05) is 18.6 Å². The SMILES string of the molecule is Cl.NCC1CCCC1NC(=O)CCSc1ccccc1Br. The topological polar surface area (TPSA) is 55.1 Å². The van der Waals surface area contributed by atoms with E-state index in [1.165, 1.54) is 11.3 Å². The van der Waals surface area contributed by atoms with Gasteiger partial charge in [0.15, 0.2) is 0 Å². The van der Waals surface area contributed by atoms with Crippen LogP contribution in [-0.2, 0) is 4.79 Å². The molecule has 1 aliphatic carbocycles. The molecular weight excluding hydrogens is 372 g/mol. The van der Waals surface area contributed by atoms with Gasteiger partial charge in [-0.15, -0.1) is 24.2 Å². The Bertz CT molecular complexity index is 461.